The molecule has 2 aromatic rings. The summed E-state index contributed by atoms with van der Waals surface area (Å²) in [4.78, 5) is 24.0. The summed E-state index contributed by atoms with van der Waals surface area (Å²) in [5, 5.41) is 6.97. The van der Waals surface area contributed by atoms with E-state index in [4.69, 9.17) is 0 Å². The third kappa shape index (κ3) is 4.90. The zero-order chi connectivity index (χ0) is 20.1. The van der Waals surface area contributed by atoms with Crippen LogP contribution in [0.5, 0.6) is 0 Å². The number of alkyl halides is 3. The Kier molecular flexibility index (Phi) is 6.01. The van der Waals surface area contributed by atoms with Crippen molar-refractivity contribution in [3.8, 4) is 0 Å². The summed E-state index contributed by atoms with van der Waals surface area (Å²) in [7, 11) is 0. The van der Waals surface area contributed by atoms with E-state index in [1.165, 1.54) is 29.0 Å². The number of carbonyl (C=O) groups is 1. The van der Waals surface area contributed by atoms with Crippen LogP contribution in [0.3, 0.4) is 0 Å². The van der Waals surface area contributed by atoms with Crippen LogP contribution in [-0.4, -0.2) is 26.8 Å². The van der Waals surface area contributed by atoms with Crippen LogP contribution in [0.25, 0.3) is 6.08 Å². The van der Waals surface area contributed by atoms with Crippen molar-refractivity contribution in [1.82, 2.24) is 19.7 Å². The van der Waals surface area contributed by atoms with Crippen molar-refractivity contribution in [3.05, 3.63) is 57.8 Å². The monoisotopic (exact) mass is 394 g/mol. The molecular weight excluding hydrogens is 373 g/mol. The van der Waals surface area contributed by atoms with E-state index >= 15 is 0 Å². The van der Waals surface area contributed by atoms with Crippen LogP contribution in [0.15, 0.2) is 35.1 Å². The molecule has 0 bridgehead atoms. The quantitative estimate of drug-likeness (QED) is 0.605. The molecule has 150 valence electrons. The molecule has 1 aliphatic rings. The number of aryl methyl sites for hydroxylation is 2. The number of halogens is 3. The summed E-state index contributed by atoms with van der Waals surface area (Å²) in [5.41, 5.74) is -0.589. The van der Waals surface area contributed by atoms with E-state index in [0.29, 0.717) is 31.6 Å². The van der Waals surface area contributed by atoms with Crippen molar-refractivity contribution >= 4 is 12.0 Å². The van der Waals surface area contributed by atoms with Gasteiger partial charge in [-0.25, -0.2) is 9.48 Å². The van der Waals surface area contributed by atoms with Crippen molar-refractivity contribution in [1.29, 1.82) is 0 Å². The Balaban J connectivity index is 1.47. The Hall–Kier alpha value is -2.84. The number of amides is 1. The Morgan fingerprint density at radius 2 is 2.11 bits per heavy atom. The molecule has 28 heavy (non-hydrogen) atoms. The van der Waals surface area contributed by atoms with E-state index in [1.54, 1.807) is 4.57 Å². The maximum Gasteiger partial charge on any atom is 0.416 e. The number of hydrogen-bond donors (Lipinski definition) is 1. The lowest BCUT2D eigenvalue weighted by molar-refractivity contribution is -0.137. The Morgan fingerprint density at radius 3 is 2.86 bits per heavy atom. The summed E-state index contributed by atoms with van der Waals surface area (Å²) in [5.74, 6) is 0.401. The van der Waals surface area contributed by atoms with E-state index in [0.717, 1.165) is 37.2 Å². The fourth-order valence-electron chi connectivity index (χ4n) is 3.08. The van der Waals surface area contributed by atoms with Crippen LogP contribution in [0.1, 0.15) is 36.2 Å². The summed E-state index contributed by atoms with van der Waals surface area (Å²) in [6.07, 6.45) is 1.45. The number of benzene rings is 1. The molecule has 0 spiro atoms. The minimum atomic E-state index is -4.42. The van der Waals surface area contributed by atoms with Crippen LogP contribution < -0.4 is 11.0 Å². The van der Waals surface area contributed by atoms with Crippen molar-refractivity contribution in [3.63, 3.8) is 0 Å². The minimum absolute atomic E-state index is 0.120. The van der Waals surface area contributed by atoms with Gasteiger partial charge in [0.25, 0.3) is 0 Å². The number of nitrogens with one attached hydrogen (secondary N) is 1. The summed E-state index contributed by atoms with van der Waals surface area (Å²) in [6.45, 7) is 1.43. The molecular formula is C19H21F3N4O2. The SMILES string of the molecule is O=C(/C=C/c1cccc(C(F)(F)F)c1)NCCCn1nc2n(c1=O)CCCC2. The molecule has 0 radical (unpaired) electrons. The first-order valence-electron chi connectivity index (χ1n) is 9.14. The van der Waals surface area contributed by atoms with Gasteiger partial charge in [0.2, 0.25) is 5.91 Å². The lowest BCUT2D eigenvalue weighted by Gasteiger charge is -2.09. The lowest BCUT2D eigenvalue weighted by Crippen LogP contribution is -2.28. The van der Waals surface area contributed by atoms with Gasteiger partial charge in [-0.05, 0) is 43.0 Å². The van der Waals surface area contributed by atoms with Crippen LogP contribution >= 0.6 is 0 Å². The smallest absolute Gasteiger partial charge is 0.352 e. The Labute approximate surface area is 159 Å². The predicted octanol–water partition coefficient (Wildman–Crippen LogP) is 2.62. The van der Waals surface area contributed by atoms with Gasteiger partial charge < -0.3 is 5.32 Å². The lowest BCUT2D eigenvalue weighted by atomic mass is 10.1. The molecule has 6 nitrogen and oxygen atoms in total. The molecule has 0 aliphatic carbocycles. The highest BCUT2D eigenvalue weighted by atomic mass is 19.4. The first-order valence-corrected chi connectivity index (χ1v) is 9.14. The van der Waals surface area contributed by atoms with E-state index in [2.05, 4.69) is 10.4 Å². The summed E-state index contributed by atoms with van der Waals surface area (Å²) in [6, 6.07) is 4.75. The first-order chi connectivity index (χ1) is 13.3. The van der Waals surface area contributed by atoms with E-state index in [1.807, 2.05) is 0 Å². The highest BCUT2D eigenvalue weighted by Gasteiger charge is 2.30. The maximum absolute atomic E-state index is 12.7. The molecule has 0 saturated carbocycles. The number of hydrogen-bond acceptors (Lipinski definition) is 3. The van der Waals surface area contributed by atoms with Gasteiger partial charge in [-0.3, -0.25) is 9.36 Å². The van der Waals surface area contributed by atoms with E-state index < -0.39 is 17.6 Å². The molecule has 1 amide bonds. The van der Waals surface area contributed by atoms with Crippen LogP contribution in [0.4, 0.5) is 13.2 Å². The van der Waals surface area contributed by atoms with E-state index in [-0.39, 0.29) is 5.69 Å². The number of rotatable bonds is 6. The molecule has 0 fully saturated rings. The number of nitrogens with zero attached hydrogens (tertiary/aromatic N) is 3. The molecule has 1 aliphatic heterocycles. The standard InChI is InChI=1S/C19H21F3N4O2/c20-19(21,22)15-6-3-5-14(13-15)8-9-17(27)23-10-4-12-26-18(28)25-11-2-1-7-16(25)24-26/h3,5-6,8-9,13H,1-2,4,7,10-12H2,(H,23,27)/b9-8+. The molecule has 9 heteroatoms. The van der Waals surface area contributed by atoms with Crippen molar-refractivity contribution in [2.75, 3.05) is 6.54 Å². The summed E-state index contributed by atoms with van der Waals surface area (Å²) >= 11 is 0. The molecule has 1 aromatic heterocycles. The fraction of sp³-hybridized carbons (Fsp3) is 0.421. The van der Waals surface area contributed by atoms with Crippen molar-refractivity contribution in [2.24, 2.45) is 0 Å². The van der Waals surface area contributed by atoms with Crippen LogP contribution in [-0.2, 0) is 30.5 Å². The van der Waals surface area contributed by atoms with Crippen LogP contribution in [0.2, 0.25) is 0 Å². The second kappa shape index (κ2) is 8.45. The third-order valence-corrected chi connectivity index (χ3v) is 4.52. The Bertz CT molecular complexity index is 928. The number of aromatic nitrogens is 3. The number of carbonyl (C=O) groups excluding carboxylic acids is 1. The molecule has 0 unspecified atom stereocenters. The average Bonchev–Trinajstić information content (AvgIpc) is 2.99. The number of fused-ring (bicyclic) bond motifs is 1. The second-order valence-electron chi connectivity index (χ2n) is 6.63. The van der Waals surface area contributed by atoms with Gasteiger partial charge in [-0.2, -0.15) is 18.3 Å². The van der Waals surface area contributed by atoms with Crippen LogP contribution in [0, 0.1) is 0 Å². The van der Waals surface area contributed by atoms with Crippen molar-refractivity contribution < 1.29 is 18.0 Å². The van der Waals surface area contributed by atoms with Gasteiger partial charge in [-0.15, -0.1) is 0 Å². The Morgan fingerprint density at radius 1 is 1.29 bits per heavy atom. The fourth-order valence-corrected chi connectivity index (χ4v) is 3.08. The average molecular weight is 394 g/mol. The van der Waals surface area contributed by atoms with Crippen molar-refractivity contribution in [2.45, 2.75) is 44.9 Å². The third-order valence-electron chi connectivity index (χ3n) is 4.52. The second-order valence-corrected chi connectivity index (χ2v) is 6.63. The predicted molar refractivity (Wildman–Crippen MR) is 97.5 cm³/mol. The molecule has 3 rings (SSSR count). The molecule has 0 saturated heterocycles. The van der Waals surface area contributed by atoms with Gasteiger partial charge in [0.15, 0.2) is 0 Å². The maximum atomic E-state index is 12.7. The zero-order valence-electron chi connectivity index (χ0n) is 15.2. The largest absolute Gasteiger partial charge is 0.416 e. The first kappa shape index (κ1) is 19.9. The topological polar surface area (TPSA) is 68.9 Å². The normalized spacial score (nSPS) is 14.2. The van der Waals surface area contributed by atoms with Gasteiger partial charge in [-0.1, -0.05) is 12.1 Å². The van der Waals surface area contributed by atoms with Gasteiger partial charge in [0.05, 0.1) is 5.56 Å². The molecule has 2 heterocycles. The molecule has 0 atom stereocenters. The molecule has 1 aromatic carbocycles. The highest BCUT2D eigenvalue weighted by molar-refractivity contribution is 5.91. The zero-order valence-corrected chi connectivity index (χ0v) is 15.2. The van der Waals surface area contributed by atoms with Gasteiger partial charge >= 0.3 is 11.9 Å². The minimum Gasteiger partial charge on any atom is -0.352 e. The van der Waals surface area contributed by atoms with Gasteiger partial charge in [0, 0.05) is 32.1 Å². The highest BCUT2D eigenvalue weighted by Crippen LogP contribution is 2.29. The van der Waals surface area contributed by atoms with Gasteiger partial charge in [0.1, 0.15) is 5.82 Å². The summed E-state index contributed by atoms with van der Waals surface area (Å²) < 4.78 is 41.2. The van der Waals surface area contributed by atoms with E-state index in [9.17, 15) is 22.8 Å². The molecule has 1 N–H and O–H groups in total.